The zero-order valence-corrected chi connectivity index (χ0v) is 16.7. The summed E-state index contributed by atoms with van der Waals surface area (Å²) in [6.07, 6.45) is 13.3. The number of unbranched alkanes of at least 4 members (excludes halogenated alkanes) is 8. The van der Waals surface area contributed by atoms with Crippen LogP contribution < -0.4 is 0 Å². The van der Waals surface area contributed by atoms with Crippen molar-refractivity contribution in [3.63, 3.8) is 0 Å². The Labute approximate surface area is 160 Å². The fraction of sp³-hybridized carbons (Fsp3) is 0.520. The van der Waals surface area contributed by atoms with Gasteiger partial charge in [0.15, 0.2) is 0 Å². The van der Waals surface area contributed by atoms with E-state index in [0.717, 1.165) is 5.56 Å². The summed E-state index contributed by atoms with van der Waals surface area (Å²) in [5.41, 5.74) is 4.87. The molecule has 2 rings (SSSR count). The summed E-state index contributed by atoms with van der Waals surface area (Å²) >= 11 is 0. The predicted molar refractivity (Wildman–Crippen MR) is 113 cm³/mol. The minimum atomic E-state index is -0.400. The Morgan fingerprint density at radius 3 is 1.62 bits per heavy atom. The molecule has 0 saturated carbocycles. The number of hydrogen-bond donors (Lipinski definition) is 1. The fourth-order valence-electron chi connectivity index (χ4n) is 3.46. The smallest absolute Gasteiger partial charge is 0.0761 e. The molecule has 2 aromatic carbocycles. The van der Waals surface area contributed by atoms with Crippen LogP contribution >= 0.6 is 0 Å². The average Bonchev–Trinajstić information content (AvgIpc) is 2.67. The summed E-state index contributed by atoms with van der Waals surface area (Å²) in [6.45, 7) is 4.08. The Morgan fingerprint density at radius 2 is 1.12 bits per heavy atom. The molecule has 0 aliphatic heterocycles. The maximum absolute atomic E-state index is 9.61. The zero-order chi connectivity index (χ0) is 18.6. The van der Waals surface area contributed by atoms with Crippen molar-refractivity contribution in [3.05, 3.63) is 59.7 Å². The lowest BCUT2D eigenvalue weighted by Gasteiger charge is -2.08. The molecule has 0 aliphatic rings. The molecule has 0 spiro atoms. The SMILES string of the molecule is CCCCCCCCCCCc1ccc(-c2ccc(C(C)O)cc2)cc1. The molecule has 0 fully saturated rings. The second kappa shape index (κ2) is 11.9. The quantitative estimate of drug-likeness (QED) is 0.392. The highest BCUT2D eigenvalue weighted by Crippen LogP contribution is 2.23. The van der Waals surface area contributed by atoms with E-state index in [9.17, 15) is 5.11 Å². The van der Waals surface area contributed by atoms with Crippen LogP contribution in [0.3, 0.4) is 0 Å². The second-order valence-electron chi connectivity index (χ2n) is 7.57. The molecule has 0 aromatic heterocycles. The van der Waals surface area contributed by atoms with E-state index in [0.29, 0.717) is 0 Å². The van der Waals surface area contributed by atoms with Gasteiger partial charge in [0.1, 0.15) is 0 Å². The van der Waals surface area contributed by atoms with Crippen LogP contribution in [0.4, 0.5) is 0 Å². The number of hydrogen-bond acceptors (Lipinski definition) is 1. The van der Waals surface area contributed by atoms with Gasteiger partial charge in [-0.2, -0.15) is 0 Å². The maximum atomic E-state index is 9.61. The molecule has 2 aromatic rings. The van der Waals surface area contributed by atoms with Crippen molar-refractivity contribution >= 4 is 0 Å². The van der Waals surface area contributed by atoms with Crippen molar-refractivity contribution in [1.82, 2.24) is 0 Å². The van der Waals surface area contributed by atoms with E-state index in [4.69, 9.17) is 0 Å². The molecule has 0 saturated heterocycles. The summed E-state index contributed by atoms with van der Waals surface area (Å²) in [5.74, 6) is 0. The van der Waals surface area contributed by atoms with Gasteiger partial charge in [0.05, 0.1) is 6.10 Å². The molecule has 0 amide bonds. The number of aliphatic hydroxyl groups excluding tert-OH is 1. The van der Waals surface area contributed by atoms with Gasteiger partial charge in [-0.15, -0.1) is 0 Å². The Morgan fingerprint density at radius 1 is 0.654 bits per heavy atom. The van der Waals surface area contributed by atoms with Gasteiger partial charge in [0.2, 0.25) is 0 Å². The van der Waals surface area contributed by atoms with Crippen LogP contribution in [0.1, 0.15) is 88.9 Å². The first-order chi connectivity index (χ1) is 12.7. The van der Waals surface area contributed by atoms with Crippen LogP contribution in [0.25, 0.3) is 11.1 Å². The van der Waals surface area contributed by atoms with Crippen molar-refractivity contribution in [1.29, 1.82) is 0 Å². The minimum Gasteiger partial charge on any atom is -0.389 e. The van der Waals surface area contributed by atoms with E-state index in [1.807, 2.05) is 12.1 Å². The van der Waals surface area contributed by atoms with Crippen LogP contribution in [0, 0.1) is 0 Å². The van der Waals surface area contributed by atoms with Crippen LogP contribution in [-0.4, -0.2) is 5.11 Å². The van der Waals surface area contributed by atoms with Crippen molar-refractivity contribution in [2.45, 2.75) is 84.2 Å². The molecule has 1 atom stereocenters. The maximum Gasteiger partial charge on any atom is 0.0761 e. The van der Waals surface area contributed by atoms with E-state index in [2.05, 4.69) is 43.3 Å². The van der Waals surface area contributed by atoms with Gasteiger partial charge in [-0.1, -0.05) is 107 Å². The first-order valence-corrected chi connectivity index (χ1v) is 10.6. The Hall–Kier alpha value is -1.60. The molecule has 26 heavy (non-hydrogen) atoms. The van der Waals surface area contributed by atoms with Crippen LogP contribution in [0.2, 0.25) is 0 Å². The van der Waals surface area contributed by atoms with Gasteiger partial charge in [-0.25, -0.2) is 0 Å². The highest BCUT2D eigenvalue weighted by molar-refractivity contribution is 5.64. The molecule has 1 N–H and O–H groups in total. The molecule has 1 unspecified atom stereocenters. The Bertz CT molecular complexity index is 595. The predicted octanol–water partition coefficient (Wildman–Crippen LogP) is 7.48. The lowest BCUT2D eigenvalue weighted by Crippen LogP contribution is -1.90. The van der Waals surface area contributed by atoms with E-state index in [-0.39, 0.29) is 0 Å². The summed E-state index contributed by atoms with van der Waals surface area (Å²) in [5, 5.41) is 9.61. The van der Waals surface area contributed by atoms with Gasteiger partial charge in [0, 0.05) is 0 Å². The first kappa shape index (κ1) is 20.7. The molecule has 0 heterocycles. The summed E-state index contributed by atoms with van der Waals surface area (Å²) in [7, 11) is 0. The molecular weight excluding hydrogens is 316 g/mol. The van der Waals surface area contributed by atoms with Crippen molar-refractivity contribution in [2.75, 3.05) is 0 Å². The van der Waals surface area contributed by atoms with E-state index in [1.54, 1.807) is 6.92 Å². The summed E-state index contributed by atoms with van der Waals surface area (Å²) < 4.78 is 0. The largest absolute Gasteiger partial charge is 0.389 e. The lowest BCUT2D eigenvalue weighted by atomic mass is 9.99. The zero-order valence-electron chi connectivity index (χ0n) is 16.7. The first-order valence-electron chi connectivity index (χ1n) is 10.6. The molecule has 0 radical (unpaired) electrons. The van der Waals surface area contributed by atoms with Crippen LogP contribution in [0.5, 0.6) is 0 Å². The van der Waals surface area contributed by atoms with Gasteiger partial charge >= 0.3 is 0 Å². The fourth-order valence-corrected chi connectivity index (χ4v) is 3.46. The number of aryl methyl sites for hydroxylation is 1. The average molecular weight is 353 g/mol. The monoisotopic (exact) mass is 352 g/mol. The van der Waals surface area contributed by atoms with Gasteiger partial charge in [0.25, 0.3) is 0 Å². The second-order valence-corrected chi connectivity index (χ2v) is 7.57. The topological polar surface area (TPSA) is 20.2 Å². The van der Waals surface area contributed by atoms with Crippen molar-refractivity contribution < 1.29 is 5.11 Å². The van der Waals surface area contributed by atoms with E-state index >= 15 is 0 Å². The molecule has 1 nitrogen and oxygen atoms in total. The Kier molecular flexibility index (Phi) is 9.48. The molecule has 142 valence electrons. The molecule has 0 aliphatic carbocycles. The van der Waals surface area contributed by atoms with E-state index in [1.165, 1.54) is 80.9 Å². The molecule has 1 heteroatoms. The molecule has 0 bridgehead atoms. The third-order valence-corrected chi connectivity index (χ3v) is 5.25. The summed E-state index contributed by atoms with van der Waals surface area (Å²) in [6, 6.07) is 17.2. The molecular formula is C25H36O. The van der Waals surface area contributed by atoms with Gasteiger partial charge in [-0.3, -0.25) is 0 Å². The number of rotatable bonds is 12. The summed E-state index contributed by atoms with van der Waals surface area (Å²) in [4.78, 5) is 0. The van der Waals surface area contributed by atoms with E-state index < -0.39 is 6.10 Å². The highest BCUT2D eigenvalue weighted by Gasteiger charge is 2.02. The normalized spacial score (nSPS) is 12.3. The Balaban J connectivity index is 1.67. The number of aliphatic hydroxyl groups is 1. The standard InChI is InChI=1S/C25H36O/c1-3-4-5-6-7-8-9-10-11-12-22-13-15-24(16-14-22)25-19-17-23(18-20-25)21(2)26/h13-21,26H,3-12H2,1-2H3. The van der Waals surface area contributed by atoms with Crippen molar-refractivity contribution in [3.8, 4) is 11.1 Å². The van der Waals surface area contributed by atoms with Crippen LogP contribution in [-0.2, 0) is 6.42 Å². The van der Waals surface area contributed by atoms with Gasteiger partial charge < -0.3 is 5.11 Å². The van der Waals surface area contributed by atoms with Gasteiger partial charge in [-0.05, 0) is 42.0 Å². The van der Waals surface area contributed by atoms with Crippen LogP contribution in [0.15, 0.2) is 48.5 Å². The van der Waals surface area contributed by atoms with Crippen molar-refractivity contribution in [2.24, 2.45) is 0 Å². The third kappa shape index (κ3) is 7.33. The number of benzene rings is 2. The minimum absolute atomic E-state index is 0.400. The third-order valence-electron chi connectivity index (χ3n) is 5.25. The lowest BCUT2D eigenvalue weighted by molar-refractivity contribution is 0.199. The highest BCUT2D eigenvalue weighted by atomic mass is 16.3.